The summed E-state index contributed by atoms with van der Waals surface area (Å²) in [6, 6.07) is 12.5. The second-order valence-electron chi connectivity index (χ2n) is 5.02. The van der Waals surface area contributed by atoms with E-state index in [1.165, 1.54) is 7.11 Å². The predicted molar refractivity (Wildman–Crippen MR) is 95.5 cm³/mol. The van der Waals surface area contributed by atoms with E-state index in [9.17, 15) is 9.59 Å². The maximum Gasteiger partial charge on any atom is 0.273 e. The number of hydrazine groups is 1. The molecule has 2 rings (SSSR count). The minimum atomic E-state index is -0.432. The summed E-state index contributed by atoms with van der Waals surface area (Å²) in [4.78, 5) is 25.3. The highest BCUT2D eigenvalue weighted by Crippen LogP contribution is 2.25. The maximum absolute atomic E-state index is 12.2. The maximum atomic E-state index is 12.2. The van der Waals surface area contributed by atoms with Crippen LogP contribution in [-0.2, 0) is 6.42 Å². The summed E-state index contributed by atoms with van der Waals surface area (Å²) in [6.45, 7) is 2.05. The molecular weight excluding hydrogens is 324 g/mol. The van der Waals surface area contributed by atoms with Crippen LogP contribution in [0.15, 0.2) is 47.4 Å². The molecule has 6 heteroatoms. The van der Waals surface area contributed by atoms with Crippen molar-refractivity contribution < 1.29 is 14.3 Å². The number of hydrogen-bond acceptors (Lipinski definition) is 4. The van der Waals surface area contributed by atoms with Crippen molar-refractivity contribution in [1.29, 1.82) is 0 Å². The van der Waals surface area contributed by atoms with Gasteiger partial charge in [-0.05, 0) is 48.6 Å². The Labute approximate surface area is 145 Å². The van der Waals surface area contributed by atoms with Gasteiger partial charge in [0.15, 0.2) is 0 Å². The molecule has 0 radical (unpaired) electrons. The molecule has 0 atom stereocenters. The number of benzene rings is 2. The molecule has 0 heterocycles. The Morgan fingerprint density at radius 2 is 1.71 bits per heavy atom. The smallest absolute Gasteiger partial charge is 0.273 e. The number of methoxy groups -OCH3 is 1. The molecule has 0 aliphatic rings. The normalized spacial score (nSPS) is 10.1. The van der Waals surface area contributed by atoms with Crippen LogP contribution in [0.2, 0.25) is 0 Å². The van der Waals surface area contributed by atoms with Gasteiger partial charge in [0.2, 0.25) is 0 Å². The summed E-state index contributed by atoms with van der Waals surface area (Å²) in [5, 5.41) is 0. The van der Waals surface area contributed by atoms with Crippen LogP contribution in [-0.4, -0.2) is 25.2 Å². The fraction of sp³-hybridized carbons (Fsp3) is 0.222. The van der Waals surface area contributed by atoms with Gasteiger partial charge >= 0.3 is 0 Å². The van der Waals surface area contributed by atoms with Crippen molar-refractivity contribution in [3.63, 3.8) is 0 Å². The van der Waals surface area contributed by atoms with E-state index in [0.717, 1.165) is 16.9 Å². The zero-order chi connectivity index (χ0) is 17.5. The zero-order valence-corrected chi connectivity index (χ0v) is 14.7. The number of hydrogen-bond donors (Lipinski definition) is 2. The average Bonchev–Trinajstić information content (AvgIpc) is 2.65. The van der Waals surface area contributed by atoms with Gasteiger partial charge in [-0.3, -0.25) is 20.4 Å². The number of carbonyl (C=O) groups excluding carboxylic acids is 2. The van der Waals surface area contributed by atoms with E-state index in [2.05, 4.69) is 10.9 Å². The first-order chi connectivity index (χ1) is 11.6. The van der Waals surface area contributed by atoms with Gasteiger partial charge in [-0.1, -0.05) is 19.1 Å². The quantitative estimate of drug-likeness (QED) is 0.646. The Balaban J connectivity index is 2.03. The molecule has 2 aromatic carbocycles. The highest BCUT2D eigenvalue weighted by molar-refractivity contribution is 7.98. The fourth-order valence-corrected chi connectivity index (χ4v) is 2.56. The molecule has 0 saturated carbocycles. The van der Waals surface area contributed by atoms with Gasteiger partial charge in [-0.15, -0.1) is 11.8 Å². The average molecular weight is 344 g/mol. The summed E-state index contributed by atoms with van der Waals surface area (Å²) >= 11 is 1.56. The lowest BCUT2D eigenvalue weighted by Gasteiger charge is -2.11. The minimum Gasteiger partial charge on any atom is -0.496 e. The monoisotopic (exact) mass is 344 g/mol. The van der Waals surface area contributed by atoms with Crippen molar-refractivity contribution in [2.75, 3.05) is 13.4 Å². The Kier molecular flexibility index (Phi) is 6.26. The summed E-state index contributed by atoms with van der Waals surface area (Å²) in [7, 11) is 1.50. The Morgan fingerprint density at radius 1 is 1.04 bits per heavy atom. The van der Waals surface area contributed by atoms with E-state index >= 15 is 0 Å². The Hall–Kier alpha value is -2.47. The minimum absolute atomic E-state index is 0.358. The molecule has 0 unspecified atom stereocenters. The predicted octanol–water partition coefficient (Wildman–Crippen LogP) is 3.05. The molecular formula is C18H20N2O3S. The molecule has 2 N–H and O–H groups in total. The van der Waals surface area contributed by atoms with Gasteiger partial charge in [0.1, 0.15) is 5.75 Å². The van der Waals surface area contributed by atoms with Gasteiger partial charge in [-0.2, -0.15) is 0 Å². The van der Waals surface area contributed by atoms with Crippen LogP contribution in [0.25, 0.3) is 0 Å². The summed E-state index contributed by atoms with van der Waals surface area (Å²) in [6.07, 6.45) is 2.85. The van der Waals surface area contributed by atoms with Crippen LogP contribution in [0, 0.1) is 0 Å². The molecule has 5 nitrogen and oxygen atoms in total. The second-order valence-corrected chi connectivity index (χ2v) is 5.90. The van der Waals surface area contributed by atoms with Crippen molar-refractivity contribution >= 4 is 23.6 Å². The van der Waals surface area contributed by atoms with Crippen LogP contribution in [0.4, 0.5) is 0 Å². The van der Waals surface area contributed by atoms with Gasteiger partial charge < -0.3 is 4.74 Å². The zero-order valence-electron chi connectivity index (χ0n) is 13.9. The first-order valence-corrected chi connectivity index (χ1v) is 8.73. The second kappa shape index (κ2) is 8.40. The number of thioether (sulfide) groups is 1. The van der Waals surface area contributed by atoms with Gasteiger partial charge in [0.25, 0.3) is 11.8 Å². The van der Waals surface area contributed by atoms with E-state index in [0.29, 0.717) is 16.9 Å². The molecule has 2 aromatic rings. The van der Waals surface area contributed by atoms with Crippen molar-refractivity contribution in [2.24, 2.45) is 0 Å². The van der Waals surface area contributed by atoms with Crippen LogP contribution < -0.4 is 15.6 Å². The summed E-state index contributed by atoms with van der Waals surface area (Å²) in [5.41, 5.74) is 6.82. The fourth-order valence-electron chi connectivity index (χ4n) is 2.13. The van der Waals surface area contributed by atoms with Crippen LogP contribution >= 0.6 is 11.8 Å². The van der Waals surface area contributed by atoms with E-state index in [1.807, 2.05) is 31.4 Å². The molecule has 0 saturated heterocycles. The standard InChI is InChI=1S/C18H20N2O3S/c1-4-12-5-7-13(8-6-12)17(21)19-20-18(22)15-10-9-14(24-3)11-16(15)23-2/h5-11H,4H2,1-3H3,(H,19,21)(H,20,22). The lowest BCUT2D eigenvalue weighted by Crippen LogP contribution is -2.41. The van der Waals surface area contributed by atoms with E-state index < -0.39 is 5.91 Å². The largest absolute Gasteiger partial charge is 0.496 e. The van der Waals surface area contributed by atoms with E-state index in [-0.39, 0.29) is 5.91 Å². The Morgan fingerprint density at radius 3 is 2.29 bits per heavy atom. The number of amides is 2. The number of ether oxygens (including phenoxy) is 1. The molecule has 126 valence electrons. The highest BCUT2D eigenvalue weighted by atomic mass is 32.2. The van der Waals surface area contributed by atoms with E-state index in [1.54, 1.807) is 36.0 Å². The third kappa shape index (κ3) is 4.29. The molecule has 24 heavy (non-hydrogen) atoms. The molecule has 2 amide bonds. The first-order valence-electron chi connectivity index (χ1n) is 7.50. The first kappa shape index (κ1) is 17.9. The lowest BCUT2D eigenvalue weighted by atomic mass is 10.1. The topological polar surface area (TPSA) is 67.4 Å². The number of rotatable bonds is 5. The number of nitrogens with one attached hydrogen (secondary N) is 2. The van der Waals surface area contributed by atoms with Crippen molar-refractivity contribution in [3.8, 4) is 5.75 Å². The molecule has 0 bridgehead atoms. The number of aryl methyl sites for hydroxylation is 1. The van der Waals surface area contributed by atoms with Crippen molar-refractivity contribution in [1.82, 2.24) is 10.9 Å². The number of carbonyl (C=O) groups is 2. The van der Waals surface area contributed by atoms with Crippen molar-refractivity contribution in [2.45, 2.75) is 18.2 Å². The summed E-state index contributed by atoms with van der Waals surface area (Å²) < 4.78 is 5.24. The van der Waals surface area contributed by atoms with Crippen molar-refractivity contribution in [3.05, 3.63) is 59.2 Å². The van der Waals surface area contributed by atoms with Crippen LogP contribution in [0.1, 0.15) is 33.2 Å². The SMILES string of the molecule is CCc1ccc(C(=O)NNC(=O)c2ccc(SC)cc2OC)cc1. The molecule has 0 aromatic heterocycles. The molecule has 0 fully saturated rings. The van der Waals surface area contributed by atoms with Gasteiger partial charge in [-0.25, -0.2) is 0 Å². The van der Waals surface area contributed by atoms with Crippen LogP contribution in [0.3, 0.4) is 0 Å². The lowest BCUT2D eigenvalue weighted by molar-refractivity contribution is 0.0845. The molecule has 0 spiro atoms. The third-order valence-electron chi connectivity index (χ3n) is 3.57. The highest BCUT2D eigenvalue weighted by Gasteiger charge is 2.14. The molecule has 0 aliphatic carbocycles. The molecule has 0 aliphatic heterocycles. The third-order valence-corrected chi connectivity index (χ3v) is 4.29. The van der Waals surface area contributed by atoms with Gasteiger partial charge in [0.05, 0.1) is 12.7 Å². The summed E-state index contributed by atoms with van der Waals surface area (Å²) in [5.74, 6) is -0.343. The van der Waals surface area contributed by atoms with E-state index in [4.69, 9.17) is 4.74 Å². The Bertz CT molecular complexity index is 730. The van der Waals surface area contributed by atoms with Gasteiger partial charge in [0, 0.05) is 10.5 Å². The van der Waals surface area contributed by atoms with Crippen LogP contribution in [0.5, 0.6) is 5.75 Å².